The van der Waals surface area contributed by atoms with Gasteiger partial charge in [0.25, 0.3) is 5.91 Å². The van der Waals surface area contributed by atoms with Gasteiger partial charge in [0.05, 0.1) is 11.2 Å². The number of amides is 1. The third kappa shape index (κ3) is 3.07. The SMILES string of the molecule is O=C1NN=C(c2ccccc2)C/C1=N/Nc1ncnc2ccccc12. The van der Waals surface area contributed by atoms with E-state index in [4.69, 9.17) is 0 Å². The number of para-hydroxylation sites is 1. The number of hydrogen-bond donors (Lipinski definition) is 2. The van der Waals surface area contributed by atoms with Gasteiger partial charge in [0, 0.05) is 11.8 Å². The number of rotatable bonds is 3. The summed E-state index contributed by atoms with van der Waals surface area (Å²) in [7, 11) is 0. The number of benzene rings is 2. The summed E-state index contributed by atoms with van der Waals surface area (Å²) in [6.45, 7) is 0. The van der Waals surface area contributed by atoms with Crippen LogP contribution >= 0.6 is 0 Å². The van der Waals surface area contributed by atoms with E-state index in [1.807, 2.05) is 54.6 Å². The predicted octanol–water partition coefficient (Wildman–Crippen LogP) is 2.32. The number of fused-ring (bicyclic) bond motifs is 1. The van der Waals surface area contributed by atoms with E-state index in [9.17, 15) is 4.79 Å². The number of hydrogen-bond acceptors (Lipinski definition) is 6. The van der Waals surface area contributed by atoms with Crippen LogP contribution in [0.4, 0.5) is 5.82 Å². The Balaban J connectivity index is 1.60. The molecule has 25 heavy (non-hydrogen) atoms. The molecule has 1 amide bonds. The molecule has 0 bridgehead atoms. The van der Waals surface area contributed by atoms with Crippen LogP contribution in [0.25, 0.3) is 10.9 Å². The van der Waals surface area contributed by atoms with Gasteiger partial charge in [-0.1, -0.05) is 42.5 Å². The van der Waals surface area contributed by atoms with Gasteiger partial charge in [-0.25, -0.2) is 15.4 Å². The molecule has 0 radical (unpaired) electrons. The summed E-state index contributed by atoms with van der Waals surface area (Å²) in [4.78, 5) is 20.4. The van der Waals surface area contributed by atoms with Crippen LogP contribution in [0, 0.1) is 0 Å². The first kappa shape index (κ1) is 14.9. The largest absolute Gasteiger partial charge is 0.287 e. The van der Waals surface area contributed by atoms with Crippen molar-refractivity contribution in [3.05, 3.63) is 66.5 Å². The van der Waals surface area contributed by atoms with E-state index in [1.165, 1.54) is 6.33 Å². The third-order valence-electron chi connectivity index (χ3n) is 3.84. The van der Waals surface area contributed by atoms with E-state index < -0.39 is 0 Å². The molecule has 2 aromatic carbocycles. The fourth-order valence-electron chi connectivity index (χ4n) is 2.56. The van der Waals surface area contributed by atoms with E-state index >= 15 is 0 Å². The number of hydrazone groups is 2. The fraction of sp³-hybridized carbons (Fsp3) is 0.0556. The van der Waals surface area contributed by atoms with E-state index in [-0.39, 0.29) is 5.91 Å². The molecule has 2 heterocycles. The van der Waals surface area contributed by atoms with Crippen molar-refractivity contribution in [2.45, 2.75) is 6.42 Å². The summed E-state index contributed by atoms with van der Waals surface area (Å²) in [5, 5.41) is 9.20. The van der Waals surface area contributed by atoms with Crippen molar-refractivity contribution in [2.75, 3.05) is 5.43 Å². The molecule has 2 N–H and O–H groups in total. The van der Waals surface area contributed by atoms with Crippen LogP contribution in [0.15, 0.2) is 71.1 Å². The molecule has 0 saturated carbocycles. The number of nitrogens with zero attached hydrogens (tertiary/aromatic N) is 4. The number of aromatic nitrogens is 2. The highest BCUT2D eigenvalue weighted by Gasteiger charge is 2.21. The van der Waals surface area contributed by atoms with Crippen molar-refractivity contribution < 1.29 is 4.79 Å². The Labute approximate surface area is 143 Å². The fourth-order valence-corrected chi connectivity index (χ4v) is 2.56. The smallest absolute Gasteiger partial charge is 0.266 e. The average molecular weight is 330 g/mol. The Hall–Kier alpha value is -3.61. The zero-order valence-corrected chi connectivity index (χ0v) is 13.2. The standard InChI is InChI=1S/C18H14N6O/c25-18-16(10-15(21-24-18)12-6-2-1-3-7-12)22-23-17-13-8-4-5-9-14(13)19-11-20-17/h1-9,11H,10H2,(H,24,25)(H,19,20,23)/b22-16-. The van der Waals surface area contributed by atoms with Crippen LogP contribution in [0.2, 0.25) is 0 Å². The number of carbonyl (C=O) groups excluding carboxylic acids is 1. The summed E-state index contributed by atoms with van der Waals surface area (Å²) >= 11 is 0. The zero-order chi connectivity index (χ0) is 17.1. The summed E-state index contributed by atoms with van der Waals surface area (Å²) < 4.78 is 0. The van der Waals surface area contributed by atoms with Crippen LogP contribution in [-0.2, 0) is 4.79 Å². The minimum atomic E-state index is -0.328. The van der Waals surface area contributed by atoms with Crippen LogP contribution in [-0.4, -0.2) is 27.3 Å². The van der Waals surface area contributed by atoms with Crippen molar-refractivity contribution in [3.8, 4) is 0 Å². The maximum absolute atomic E-state index is 12.0. The van der Waals surface area contributed by atoms with E-state index in [0.717, 1.165) is 22.2 Å². The van der Waals surface area contributed by atoms with Gasteiger partial charge in [0.15, 0.2) is 5.82 Å². The lowest BCUT2D eigenvalue weighted by Crippen LogP contribution is -2.35. The highest BCUT2D eigenvalue weighted by atomic mass is 16.2. The molecule has 0 spiro atoms. The number of anilines is 1. The van der Waals surface area contributed by atoms with Crippen molar-refractivity contribution in [1.82, 2.24) is 15.4 Å². The molecule has 1 aliphatic rings. The molecule has 0 unspecified atom stereocenters. The van der Waals surface area contributed by atoms with Crippen LogP contribution < -0.4 is 10.9 Å². The molecule has 1 aliphatic heterocycles. The zero-order valence-electron chi connectivity index (χ0n) is 13.2. The summed E-state index contributed by atoms with van der Waals surface area (Å²) in [6.07, 6.45) is 1.80. The van der Waals surface area contributed by atoms with Gasteiger partial charge in [-0.15, -0.1) is 0 Å². The van der Waals surface area contributed by atoms with E-state index in [0.29, 0.717) is 18.0 Å². The average Bonchev–Trinajstić information content (AvgIpc) is 2.68. The van der Waals surface area contributed by atoms with Crippen LogP contribution in [0.1, 0.15) is 12.0 Å². The normalized spacial score (nSPS) is 15.8. The second kappa shape index (κ2) is 6.48. The Morgan fingerprint density at radius 3 is 2.68 bits per heavy atom. The summed E-state index contributed by atoms with van der Waals surface area (Å²) in [5.74, 6) is 0.222. The monoisotopic (exact) mass is 330 g/mol. The molecule has 7 heteroatoms. The first-order valence-corrected chi connectivity index (χ1v) is 7.76. The molecule has 0 fully saturated rings. The predicted molar refractivity (Wildman–Crippen MR) is 96.3 cm³/mol. The third-order valence-corrected chi connectivity index (χ3v) is 3.84. The van der Waals surface area contributed by atoms with Crippen molar-refractivity contribution in [3.63, 3.8) is 0 Å². The van der Waals surface area contributed by atoms with Gasteiger partial charge in [-0.05, 0) is 17.7 Å². The first-order chi connectivity index (χ1) is 12.3. The van der Waals surface area contributed by atoms with Gasteiger partial charge in [-0.2, -0.15) is 10.2 Å². The molecule has 1 aromatic heterocycles. The quantitative estimate of drug-likeness (QED) is 0.721. The Morgan fingerprint density at radius 2 is 1.80 bits per heavy atom. The van der Waals surface area contributed by atoms with E-state index in [1.54, 1.807) is 0 Å². The molecule has 7 nitrogen and oxygen atoms in total. The van der Waals surface area contributed by atoms with Crippen molar-refractivity contribution in [1.29, 1.82) is 0 Å². The first-order valence-electron chi connectivity index (χ1n) is 7.76. The van der Waals surface area contributed by atoms with Gasteiger partial charge in [0.2, 0.25) is 0 Å². The number of nitrogens with one attached hydrogen (secondary N) is 2. The van der Waals surface area contributed by atoms with Crippen LogP contribution in [0.5, 0.6) is 0 Å². The minimum absolute atomic E-state index is 0.328. The topological polar surface area (TPSA) is 91.6 Å². The molecule has 0 atom stereocenters. The van der Waals surface area contributed by atoms with Gasteiger partial charge >= 0.3 is 0 Å². The van der Waals surface area contributed by atoms with Crippen molar-refractivity contribution in [2.24, 2.45) is 10.2 Å². The molecular formula is C18H14N6O. The molecule has 122 valence electrons. The highest BCUT2D eigenvalue weighted by molar-refractivity contribution is 6.44. The lowest BCUT2D eigenvalue weighted by molar-refractivity contribution is -0.115. The second-order valence-corrected chi connectivity index (χ2v) is 5.45. The van der Waals surface area contributed by atoms with Gasteiger partial charge < -0.3 is 0 Å². The summed E-state index contributed by atoms with van der Waals surface area (Å²) in [5.41, 5.74) is 8.23. The van der Waals surface area contributed by atoms with Crippen molar-refractivity contribution >= 4 is 34.1 Å². The Kier molecular flexibility index (Phi) is 3.88. The van der Waals surface area contributed by atoms with E-state index in [2.05, 4.69) is 31.0 Å². The molecule has 4 rings (SSSR count). The maximum atomic E-state index is 12.0. The highest BCUT2D eigenvalue weighted by Crippen LogP contribution is 2.18. The molecule has 0 saturated heterocycles. The lowest BCUT2D eigenvalue weighted by atomic mass is 10.0. The molecule has 0 aliphatic carbocycles. The number of carbonyl (C=O) groups is 1. The Morgan fingerprint density at radius 1 is 1.00 bits per heavy atom. The maximum Gasteiger partial charge on any atom is 0.287 e. The Bertz CT molecular complexity index is 991. The second-order valence-electron chi connectivity index (χ2n) is 5.45. The summed E-state index contributed by atoms with van der Waals surface area (Å²) in [6, 6.07) is 17.3. The van der Waals surface area contributed by atoms with Gasteiger partial charge in [-0.3, -0.25) is 10.2 Å². The minimum Gasteiger partial charge on any atom is -0.266 e. The molecular weight excluding hydrogens is 316 g/mol. The van der Waals surface area contributed by atoms with Gasteiger partial charge in [0.1, 0.15) is 12.0 Å². The van der Waals surface area contributed by atoms with Crippen LogP contribution in [0.3, 0.4) is 0 Å². The lowest BCUT2D eigenvalue weighted by Gasteiger charge is -2.14. The molecule has 3 aromatic rings.